The summed E-state index contributed by atoms with van der Waals surface area (Å²) in [6.45, 7) is 1.54. The second-order valence-corrected chi connectivity index (χ2v) is 4.56. The Balaban J connectivity index is 1.94. The number of hydrogen-bond acceptors (Lipinski definition) is 4. The molecule has 0 radical (unpaired) electrons. The van der Waals surface area contributed by atoms with Gasteiger partial charge in [0, 0.05) is 12.5 Å². The summed E-state index contributed by atoms with van der Waals surface area (Å²) in [5.41, 5.74) is 7.65. The molecule has 2 heterocycles. The van der Waals surface area contributed by atoms with E-state index in [9.17, 15) is 4.79 Å². The predicted octanol–water partition coefficient (Wildman–Crippen LogP) is 0.778. The lowest BCUT2D eigenvalue weighted by Gasteiger charge is -2.14. The molecule has 4 heteroatoms. The van der Waals surface area contributed by atoms with Crippen LogP contribution in [0.4, 0.5) is 0 Å². The van der Waals surface area contributed by atoms with Gasteiger partial charge < -0.3 is 15.2 Å². The van der Waals surface area contributed by atoms with E-state index in [0.29, 0.717) is 25.4 Å². The van der Waals surface area contributed by atoms with E-state index >= 15 is 0 Å². The van der Waals surface area contributed by atoms with Crippen LogP contribution >= 0.6 is 0 Å². The summed E-state index contributed by atoms with van der Waals surface area (Å²) < 4.78 is 10.8. The number of para-hydroxylation sites is 1. The molecule has 0 saturated carbocycles. The third-order valence-corrected chi connectivity index (χ3v) is 3.44. The fourth-order valence-corrected chi connectivity index (χ4v) is 2.45. The molecule has 2 aliphatic rings. The minimum Gasteiger partial charge on any atom is -0.492 e. The Morgan fingerprint density at radius 1 is 1.35 bits per heavy atom. The predicted molar refractivity (Wildman–Crippen MR) is 62.3 cm³/mol. The summed E-state index contributed by atoms with van der Waals surface area (Å²) in [6.07, 6.45) is 0.879. The van der Waals surface area contributed by atoms with E-state index in [-0.39, 0.29) is 17.7 Å². The van der Waals surface area contributed by atoms with E-state index in [1.807, 2.05) is 18.2 Å². The Bertz CT molecular complexity index is 458. The molecule has 3 rings (SSSR count). The van der Waals surface area contributed by atoms with Crippen molar-refractivity contribution < 1.29 is 14.3 Å². The van der Waals surface area contributed by atoms with Crippen molar-refractivity contribution in [2.45, 2.75) is 12.5 Å². The molecule has 2 aliphatic heterocycles. The maximum Gasteiger partial charge on any atom is 0.173 e. The van der Waals surface area contributed by atoms with Crippen molar-refractivity contribution >= 4 is 5.78 Å². The highest BCUT2D eigenvalue weighted by Crippen LogP contribution is 2.32. The van der Waals surface area contributed by atoms with Crippen molar-refractivity contribution in [3.05, 3.63) is 29.3 Å². The van der Waals surface area contributed by atoms with E-state index in [2.05, 4.69) is 0 Å². The number of nitrogens with two attached hydrogens (primary N) is 1. The fraction of sp³-hybridized carbons (Fsp3) is 0.462. The first-order valence-electron chi connectivity index (χ1n) is 5.89. The maximum absolute atomic E-state index is 12.4. The summed E-state index contributed by atoms with van der Waals surface area (Å²) in [7, 11) is 0. The van der Waals surface area contributed by atoms with Crippen molar-refractivity contribution in [1.29, 1.82) is 0 Å². The summed E-state index contributed by atoms with van der Waals surface area (Å²) in [5, 5.41) is 0. The molecule has 1 fully saturated rings. The second-order valence-electron chi connectivity index (χ2n) is 4.56. The van der Waals surface area contributed by atoms with Gasteiger partial charge >= 0.3 is 0 Å². The van der Waals surface area contributed by atoms with Crippen molar-refractivity contribution in [3.63, 3.8) is 0 Å². The highest BCUT2D eigenvalue weighted by atomic mass is 16.5. The van der Waals surface area contributed by atoms with Crippen molar-refractivity contribution in [3.8, 4) is 5.75 Å². The number of fused-ring (bicyclic) bond motifs is 1. The minimum absolute atomic E-state index is 0.0498. The standard InChI is InChI=1S/C13H15NO3/c14-11-7-16-6-10(11)12(15)9-3-1-2-8-4-5-17-13(8)9/h1-3,10-11H,4-7,14H2. The monoisotopic (exact) mass is 233 g/mol. The van der Waals surface area contributed by atoms with Crippen LogP contribution in [0.3, 0.4) is 0 Å². The van der Waals surface area contributed by atoms with Crippen LogP contribution < -0.4 is 10.5 Å². The number of carbonyl (C=O) groups is 1. The second kappa shape index (κ2) is 4.13. The first-order valence-corrected chi connectivity index (χ1v) is 5.89. The number of ether oxygens (including phenoxy) is 2. The van der Waals surface area contributed by atoms with Gasteiger partial charge in [-0.1, -0.05) is 12.1 Å². The minimum atomic E-state index is -0.231. The number of benzene rings is 1. The Labute approximate surface area is 99.7 Å². The molecular weight excluding hydrogens is 218 g/mol. The van der Waals surface area contributed by atoms with Gasteiger partial charge in [0.15, 0.2) is 5.78 Å². The average Bonchev–Trinajstić information content (AvgIpc) is 2.95. The van der Waals surface area contributed by atoms with Crippen LogP contribution in [-0.2, 0) is 11.2 Å². The third kappa shape index (κ3) is 1.73. The Kier molecular flexibility index (Phi) is 2.61. The van der Waals surface area contributed by atoms with Gasteiger partial charge in [0.05, 0.1) is 31.3 Å². The number of Topliss-reactive ketones (excluding diaryl/α,β-unsaturated/α-hetero) is 1. The molecule has 17 heavy (non-hydrogen) atoms. The zero-order valence-corrected chi connectivity index (χ0v) is 9.52. The van der Waals surface area contributed by atoms with Crippen molar-refractivity contribution in [1.82, 2.24) is 0 Å². The molecule has 2 unspecified atom stereocenters. The lowest BCUT2D eigenvalue weighted by atomic mass is 9.92. The lowest BCUT2D eigenvalue weighted by molar-refractivity contribution is 0.0893. The van der Waals surface area contributed by atoms with Gasteiger partial charge in [-0.3, -0.25) is 4.79 Å². The van der Waals surface area contributed by atoms with Crippen LogP contribution in [0, 0.1) is 5.92 Å². The zero-order valence-electron chi connectivity index (χ0n) is 9.52. The molecule has 4 nitrogen and oxygen atoms in total. The molecule has 1 saturated heterocycles. The molecule has 0 aromatic heterocycles. The summed E-state index contributed by atoms with van der Waals surface area (Å²) in [6, 6.07) is 5.53. The van der Waals surface area contributed by atoms with E-state index in [4.69, 9.17) is 15.2 Å². The number of rotatable bonds is 2. The molecule has 90 valence electrons. The van der Waals surface area contributed by atoms with Gasteiger partial charge in [0.1, 0.15) is 5.75 Å². The van der Waals surface area contributed by atoms with Gasteiger partial charge in [-0.2, -0.15) is 0 Å². The summed E-state index contributed by atoms with van der Waals surface area (Å²) in [5.74, 6) is 0.566. The molecule has 0 amide bonds. The quantitative estimate of drug-likeness (QED) is 0.767. The van der Waals surface area contributed by atoms with Gasteiger partial charge in [0.2, 0.25) is 0 Å². The third-order valence-electron chi connectivity index (χ3n) is 3.44. The molecule has 0 bridgehead atoms. The number of ketones is 1. The molecule has 2 N–H and O–H groups in total. The van der Waals surface area contributed by atoms with E-state index in [1.165, 1.54) is 0 Å². The van der Waals surface area contributed by atoms with E-state index < -0.39 is 0 Å². The number of carbonyl (C=O) groups excluding carboxylic acids is 1. The summed E-state index contributed by atoms with van der Waals surface area (Å²) in [4.78, 5) is 12.4. The molecular formula is C13H15NO3. The van der Waals surface area contributed by atoms with Crippen LogP contribution in [0.15, 0.2) is 18.2 Å². The SMILES string of the molecule is NC1COCC1C(=O)c1cccc2c1OCC2. The number of hydrogen-bond donors (Lipinski definition) is 1. The van der Waals surface area contributed by atoms with E-state index in [1.54, 1.807) is 0 Å². The summed E-state index contributed by atoms with van der Waals surface area (Å²) >= 11 is 0. The van der Waals surface area contributed by atoms with Crippen molar-refractivity contribution in [2.24, 2.45) is 11.7 Å². The average molecular weight is 233 g/mol. The van der Waals surface area contributed by atoms with Gasteiger partial charge in [0.25, 0.3) is 0 Å². The molecule has 2 atom stereocenters. The van der Waals surface area contributed by atoms with Crippen molar-refractivity contribution in [2.75, 3.05) is 19.8 Å². The van der Waals surface area contributed by atoms with Crippen LogP contribution in [-0.4, -0.2) is 31.6 Å². The Hall–Kier alpha value is -1.39. The van der Waals surface area contributed by atoms with Crippen LogP contribution in [0.5, 0.6) is 5.75 Å². The Morgan fingerprint density at radius 3 is 3.00 bits per heavy atom. The smallest absolute Gasteiger partial charge is 0.173 e. The lowest BCUT2D eigenvalue weighted by Crippen LogP contribution is -2.34. The van der Waals surface area contributed by atoms with Gasteiger partial charge in [-0.15, -0.1) is 0 Å². The molecule has 0 spiro atoms. The molecule has 1 aromatic carbocycles. The zero-order chi connectivity index (χ0) is 11.8. The molecule has 1 aromatic rings. The van der Waals surface area contributed by atoms with E-state index in [0.717, 1.165) is 17.7 Å². The first kappa shape index (κ1) is 10.7. The first-order chi connectivity index (χ1) is 8.27. The largest absolute Gasteiger partial charge is 0.492 e. The van der Waals surface area contributed by atoms with Crippen LogP contribution in [0.2, 0.25) is 0 Å². The normalized spacial score (nSPS) is 26.6. The Morgan fingerprint density at radius 2 is 2.24 bits per heavy atom. The highest BCUT2D eigenvalue weighted by Gasteiger charge is 2.34. The van der Waals surface area contributed by atoms with Gasteiger partial charge in [-0.25, -0.2) is 0 Å². The van der Waals surface area contributed by atoms with Crippen LogP contribution in [0.25, 0.3) is 0 Å². The highest BCUT2D eigenvalue weighted by molar-refractivity contribution is 6.01. The maximum atomic E-state index is 12.4. The topological polar surface area (TPSA) is 61.5 Å². The molecule has 0 aliphatic carbocycles. The fourth-order valence-electron chi connectivity index (χ4n) is 2.45. The van der Waals surface area contributed by atoms with Crippen LogP contribution in [0.1, 0.15) is 15.9 Å². The van der Waals surface area contributed by atoms with Gasteiger partial charge in [-0.05, 0) is 11.6 Å².